The maximum absolute atomic E-state index is 12.4. The quantitative estimate of drug-likeness (QED) is 0.887. The van der Waals surface area contributed by atoms with Crippen molar-refractivity contribution >= 4 is 11.7 Å². The lowest BCUT2D eigenvalue weighted by molar-refractivity contribution is 0.0697. The third-order valence-corrected chi connectivity index (χ3v) is 4.37. The van der Waals surface area contributed by atoms with Gasteiger partial charge in [-0.15, -0.1) is 5.10 Å². The lowest BCUT2D eigenvalue weighted by atomic mass is 9.92. The fourth-order valence-electron chi connectivity index (χ4n) is 2.59. The highest BCUT2D eigenvalue weighted by Gasteiger charge is 2.34. The molecule has 3 heterocycles. The third-order valence-electron chi connectivity index (χ3n) is 4.37. The van der Waals surface area contributed by atoms with Crippen LogP contribution in [0.25, 0.3) is 0 Å². The summed E-state index contributed by atoms with van der Waals surface area (Å²) in [6.07, 6.45) is 0. The lowest BCUT2D eigenvalue weighted by Crippen LogP contribution is -2.60. The zero-order valence-corrected chi connectivity index (χ0v) is 14.9. The first kappa shape index (κ1) is 17.1. The first-order valence-corrected chi connectivity index (χ1v) is 8.18. The van der Waals surface area contributed by atoms with Crippen molar-refractivity contribution in [3.63, 3.8) is 0 Å². The predicted molar refractivity (Wildman–Crippen MR) is 93.7 cm³/mol. The Morgan fingerprint density at radius 2 is 1.92 bits per heavy atom. The molecule has 2 aromatic rings. The number of aromatic amines is 1. The van der Waals surface area contributed by atoms with Crippen LogP contribution in [-0.2, 0) is 5.41 Å². The van der Waals surface area contributed by atoms with Gasteiger partial charge in [-0.25, -0.2) is 5.10 Å². The molecule has 1 saturated heterocycles. The highest BCUT2D eigenvalue weighted by Crippen LogP contribution is 2.24. The average Bonchev–Trinajstić information content (AvgIpc) is 2.53. The van der Waals surface area contributed by atoms with Crippen LogP contribution in [0, 0.1) is 0 Å². The van der Waals surface area contributed by atoms with E-state index in [-0.39, 0.29) is 28.6 Å². The number of carbonyl (C=O) groups excluding carboxylic acids is 1. The maximum Gasteiger partial charge on any atom is 0.274 e. The van der Waals surface area contributed by atoms with E-state index in [9.17, 15) is 9.59 Å². The van der Waals surface area contributed by atoms with Crippen LogP contribution in [0.15, 0.2) is 29.1 Å². The van der Waals surface area contributed by atoms with Gasteiger partial charge in [-0.2, -0.15) is 10.2 Å². The molecule has 2 aromatic heterocycles. The van der Waals surface area contributed by atoms with Crippen LogP contribution in [0.3, 0.4) is 0 Å². The molecule has 3 rings (SSSR count). The van der Waals surface area contributed by atoms with Gasteiger partial charge in [0.15, 0.2) is 5.82 Å². The minimum Gasteiger partial charge on any atom is -0.351 e. The molecule has 8 heteroatoms. The normalized spacial score (nSPS) is 15.0. The van der Waals surface area contributed by atoms with Crippen molar-refractivity contribution in [1.82, 2.24) is 25.3 Å². The largest absolute Gasteiger partial charge is 0.351 e. The Labute approximate surface area is 145 Å². The summed E-state index contributed by atoms with van der Waals surface area (Å²) in [7, 11) is 1.74. The van der Waals surface area contributed by atoms with Gasteiger partial charge in [-0.3, -0.25) is 9.59 Å². The summed E-state index contributed by atoms with van der Waals surface area (Å²) in [6, 6.07) is 6.77. The number of aromatic nitrogens is 4. The summed E-state index contributed by atoms with van der Waals surface area (Å²) >= 11 is 0. The minimum absolute atomic E-state index is 0.0285. The second-order valence-electron chi connectivity index (χ2n) is 7.31. The summed E-state index contributed by atoms with van der Waals surface area (Å²) in [5, 5.41) is 14.7. The molecule has 25 heavy (non-hydrogen) atoms. The smallest absolute Gasteiger partial charge is 0.274 e. The Morgan fingerprint density at radius 1 is 1.20 bits per heavy atom. The molecular formula is C17H22N6O2. The predicted octanol–water partition coefficient (Wildman–Crippen LogP) is 0.818. The van der Waals surface area contributed by atoms with E-state index >= 15 is 0 Å². The molecule has 1 amide bonds. The van der Waals surface area contributed by atoms with E-state index < -0.39 is 0 Å². The van der Waals surface area contributed by atoms with Gasteiger partial charge < -0.3 is 9.80 Å². The number of hydrogen-bond donors (Lipinski definition) is 1. The number of amides is 1. The highest BCUT2D eigenvalue weighted by molar-refractivity contribution is 5.92. The number of carbonyl (C=O) groups is 1. The minimum atomic E-state index is -0.327. The van der Waals surface area contributed by atoms with Crippen LogP contribution in [0.2, 0.25) is 0 Å². The Hall–Kier alpha value is -2.77. The van der Waals surface area contributed by atoms with Gasteiger partial charge in [-0.1, -0.05) is 20.8 Å². The fraction of sp³-hybridized carbons (Fsp3) is 0.471. The number of H-pyrrole nitrogens is 1. The van der Waals surface area contributed by atoms with E-state index in [2.05, 4.69) is 46.1 Å². The summed E-state index contributed by atoms with van der Waals surface area (Å²) in [5.74, 6) is 0.599. The van der Waals surface area contributed by atoms with Gasteiger partial charge in [0.2, 0.25) is 0 Å². The molecule has 0 aliphatic carbocycles. The van der Waals surface area contributed by atoms with Gasteiger partial charge in [0.25, 0.3) is 11.5 Å². The molecule has 0 atom stereocenters. The van der Waals surface area contributed by atoms with E-state index in [0.717, 1.165) is 11.5 Å². The molecule has 1 N–H and O–H groups in total. The molecule has 0 radical (unpaired) electrons. The van der Waals surface area contributed by atoms with Gasteiger partial charge in [0.05, 0.1) is 11.7 Å². The van der Waals surface area contributed by atoms with Gasteiger partial charge >= 0.3 is 0 Å². The summed E-state index contributed by atoms with van der Waals surface area (Å²) in [6.45, 7) is 7.68. The molecule has 0 unspecified atom stereocenters. The van der Waals surface area contributed by atoms with Crippen LogP contribution < -0.4 is 10.5 Å². The number of likely N-dealkylation sites (N-methyl/N-ethyl adjacent to an activating group) is 1. The Kier molecular flexibility index (Phi) is 4.28. The van der Waals surface area contributed by atoms with Crippen LogP contribution in [-0.4, -0.2) is 57.4 Å². The SMILES string of the molecule is CN(C(=O)c1ccc(=O)[nH]n1)C1CN(c2ccc(C(C)(C)C)nn2)C1. The van der Waals surface area contributed by atoms with E-state index in [1.54, 1.807) is 11.9 Å². The number of rotatable bonds is 3. The molecule has 1 aliphatic rings. The Bertz CT molecular complexity index is 798. The lowest BCUT2D eigenvalue weighted by Gasteiger charge is -2.44. The van der Waals surface area contributed by atoms with Crippen molar-refractivity contribution in [2.24, 2.45) is 0 Å². The van der Waals surface area contributed by atoms with Crippen LogP contribution >= 0.6 is 0 Å². The zero-order valence-electron chi connectivity index (χ0n) is 14.9. The first-order valence-electron chi connectivity index (χ1n) is 8.18. The molecule has 0 aromatic carbocycles. The van der Waals surface area contributed by atoms with Gasteiger partial charge in [0, 0.05) is 31.6 Å². The average molecular weight is 342 g/mol. The second-order valence-corrected chi connectivity index (χ2v) is 7.31. The molecule has 132 valence electrons. The van der Waals surface area contributed by atoms with Crippen molar-refractivity contribution in [2.75, 3.05) is 25.0 Å². The summed E-state index contributed by atoms with van der Waals surface area (Å²) < 4.78 is 0. The fourth-order valence-corrected chi connectivity index (χ4v) is 2.59. The maximum atomic E-state index is 12.4. The van der Waals surface area contributed by atoms with Crippen molar-refractivity contribution in [2.45, 2.75) is 32.2 Å². The highest BCUT2D eigenvalue weighted by atomic mass is 16.2. The van der Waals surface area contributed by atoms with Gasteiger partial charge in [-0.05, 0) is 18.2 Å². The van der Waals surface area contributed by atoms with E-state index in [0.29, 0.717) is 13.1 Å². The van der Waals surface area contributed by atoms with E-state index in [1.165, 1.54) is 12.1 Å². The number of nitrogens with one attached hydrogen (secondary N) is 1. The van der Waals surface area contributed by atoms with E-state index in [4.69, 9.17) is 0 Å². The molecule has 0 bridgehead atoms. The van der Waals surface area contributed by atoms with Gasteiger partial charge in [0.1, 0.15) is 5.69 Å². The van der Waals surface area contributed by atoms with Crippen LogP contribution in [0.1, 0.15) is 37.0 Å². The molecule has 1 fully saturated rings. The zero-order chi connectivity index (χ0) is 18.2. The van der Waals surface area contributed by atoms with Crippen LogP contribution in [0.4, 0.5) is 5.82 Å². The third kappa shape index (κ3) is 3.52. The Morgan fingerprint density at radius 3 is 2.44 bits per heavy atom. The van der Waals surface area contributed by atoms with E-state index in [1.807, 2.05) is 12.1 Å². The first-order chi connectivity index (χ1) is 11.8. The molecule has 0 saturated carbocycles. The molecule has 8 nitrogen and oxygen atoms in total. The summed E-state index contributed by atoms with van der Waals surface area (Å²) in [5.41, 5.74) is 0.824. The second kappa shape index (κ2) is 6.27. The standard InChI is InChI=1S/C17H22N6O2/c1-17(2,3)13-6-7-14(20-19-13)23-9-11(10-23)22(4)16(25)12-5-8-15(24)21-18-12/h5-8,11H,9-10H2,1-4H3,(H,21,24). The monoisotopic (exact) mass is 342 g/mol. The molecular weight excluding hydrogens is 320 g/mol. The molecule has 1 aliphatic heterocycles. The van der Waals surface area contributed by atoms with Crippen LogP contribution in [0.5, 0.6) is 0 Å². The number of nitrogens with zero attached hydrogens (tertiary/aromatic N) is 5. The van der Waals surface area contributed by atoms with Crippen molar-refractivity contribution < 1.29 is 4.79 Å². The molecule has 0 spiro atoms. The number of hydrogen-bond acceptors (Lipinski definition) is 6. The van der Waals surface area contributed by atoms with Crippen molar-refractivity contribution in [3.05, 3.63) is 46.0 Å². The van der Waals surface area contributed by atoms with Crippen molar-refractivity contribution in [3.8, 4) is 0 Å². The number of anilines is 1. The topological polar surface area (TPSA) is 95.1 Å². The van der Waals surface area contributed by atoms with Crippen molar-refractivity contribution in [1.29, 1.82) is 0 Å². The summed E-state index contributed by atoms with van der Waals surface area (Å²) in [4.78, 5) is 27.1. The Balaban J connectivity index is 1.61.